The Morgan fingerprint density at radius 2 is 2.18 bits per heavy atom. The van der Waals surface area contributed by atoms with Crippen molar-refractivity contribution in [3.8, 4) is 11.4 Å². The Balaban J connectivity index is 2.16. The molecular weight excluding hydrogens is 348 g/mol. The van der Waals surface area contributed by atoms with E-state index in [1.54, 1.807) is 17.8 Å². The zero-order chi connectivity index (χ0) is 16.1. The van der Waals surface area contributed by atoms with Crippen LogP contribution in [0.3, 0.4) is 0 Å². The summed E-state index contributed by atoms with van der Waals surface area (Å²) in [6.45, 7) is 6.98. The molecule has 0 saturated heterocycles. The van der Waals surface area contributed by atoms with Crippen molar-refractivity contribution in [2.75, 3.05) is 13.2 Å². The average molecular weight is 367 g/mol. The van der Waals surface area contributed by atoms with Gasteiger partial charge >= 0.3 is 5.97 Å². The Hall–Kier alpha value is -1.82. The number of hydrogen-bond donors (Lipinski definition) is 0. The third kappa shape index (κ3) is 4.10. The molecule has 2 aromatic rings. The maximum Gasteiger partial charge on any atom is 0.341 e. The number of rotatable bonds is 6. The molecule has 0 bridgehead atoms. The van der Waals surface area contributed by atoms with Crippen molar-refractivity contribution in [1.29, 1.82) is 0 Å². The summed E-state index contributed by atoms with van der Waals surface area (Å²) in [5.74, 6) is 0.879. The van der Waals surface area contributed by atoms with E-state index in [0.717, 1.165) is 15.9 Å². The molecule has 6 heteroatoms. The van der Waals surface area contributed by atoms with Gasteiger partial charge in [-0.05, 0) is 47.0 Å². The zero-order valence-corrected chi connectivity index (χ0v) is 14.5. The Labute approximate surface area is 138 Å². The molecule has 118 valence electrons. The first-order valence-corrected chi connectivity index (χ1v) is 7.95. The first-order chi connectivity index (χ1) is 10.5. The van der Waals surface area contributed by atoms with Crippen LogP contribution >= 0.6 is 15.9 Å². The van der Waals surface area contributed by atoms with E-state index >= 15 is 0 Å². The topological polar surface area (TPSA) is 53.3 Å². The van der Waals surface area contributed by atoms with Crippen molar-refractivity contribution < 1.29 is 14.3 Å². The summed E-state index contributed by atoms with van der Waals surface area (Å²) in [5.41, 5.74) is 1.26. The fourth-order valence-corrected chi connectivity index (χ4v) is 2.27. The van der Waals surface area contributed by atoms with Crippen LogP contribution in [0.25, 0.3) is 5.69 Å². The van der Waals surface area contributed by atoms with Crippen molar-refractivity contribution in [2.45, 2.75) is 20.8 Å². The van der Waals surface area contributed by atoms with Gasteiger partial charge < -0.3 is 9.47 Å². The Bertz CT molecular complexity index is 653. The second-order valence-corrected chi connectivity index (χ2v) is 6.07. The molecule has 0 N–H and O–H groups in total. The van der Waals surface area contributed by atoms with Gasteiger partial charge in [0.15, 0.2) is 0 Å². The average Bonchev–Trinajstić information content (AvgIpc) is 2.96. The SMILES string of the molecule is CCOC(=O)c1cnn(-c2ccc(OCC(C)C)c(Br)c2)c1. The van der Waals surface area contributed by atoms with Crippen LogP contribution in [0.2, 0.25) is 0 Å². The zero-order valence-electron chi connectivity index (χ0n) is 12.9. The molecule has 2 rings (SSSR count). The lowest BCUT2D eigenvalue weighted by molar-refractivity contribution is 0.0526. The lowest BCUT2D eigenvalue weighted by Gasteiger charge is -2.11. The molecule has 0 unspecified atom stereocenters. The smallest absolute Gasteiger partial charge is 0.341 e. The highest BCUT2D eigenvalue weighted by Crippen LogP contribution is 2.27. The number of hydrogen-bond acceptors (Lipinski definition) is 4. The van der Waals surface area contributed by atoms with Gasteiger partial charge in [-0.3, -0.25) is 0 Å². The van der Waals surface area contributed by atoms with Crippen LogP contribution in [0.4, 0.5) is 0 Å². The van der Waals surface area contributed by atoms with E-state index in [1.165, 1.54) is 6.20 Å². The summed E-state index contributed by atoms with van der Waals surface area (Å²) in [4.78, 5) is 11.7. The lowest BCUT2D eigenvalue weighted by Crippen LogP contribution is -2.05. The number of carbonyl (C=O) groups is 1. The number of halogens is 1. The molecule has 5 nitrogen and oxygen atoms in total. The monoisotopic (exact) mass is 366 g/mol. The number of ether oxygens (including phenoxy) is 2. The minimum absolute atomic E-state index is 0.345. The van der Waals surface area contributed by atoms with Crippen LogP contribution in [0.5, 0.6) is 5.75 Å². The van der Waals surface area contributed by atoms with E-state index in [4.69, 9.17) is 9.47 Å². The van der Waals surface area contributed by atoms with E-state index in [9.17, 15) is 4.79 Å². The molecule has 0 radical (unpaired) electrons. The highest BCUT2D eigenvalue weighted by molar-refractivity contribution is 9.10. The molecule has 22 heavy (non-hydrogen) atoms. The number of nitrogens with zero attached hydrogens (tertiary/aromatic N) is 2. The molecule has 0 spiro atoms. The van der Waals surface area contributed by atoms with Crippen LogP contribution in [0.15, 0.2) is 35.1 Å². The summed E-state index contributed by atoms with van der Waals surface area (Å²) < 4.78 is 13.1. The van der Waals surface area contributed by atoms with E-state index in [2.05, 4.69) is 34.9 Å². The third-order valence-electron chi connectivity index (χ3n) is 2.85. The number of aromatic nitrogens is 2. The second kappa shape index (κ2) is 7.45. The van der Waals surface area contributed by atoms with Crippen LogP contribution in [0.1, 0.15) is 31.1 Å². The minimum Gasteiger partial charge on any atom is -0.492 e. The van der Waals surface area contributed by atoms with Crippen LogP contribution < -0.4 is 4.74 Å². The molecular formula is C16H19BrN2O3. The van der Waals surface area contributed by atoms with Crippen molar-refractivity contribution in [2.24, 2.45) is 5.92 Å². The Kier molecular flexibility index (Phi) is 5.60. The predicted molar refractivity (Wildman–Crippen MR) is 87.6 cm³/mol. The largest absolute Gasteiger partial charge is 0.492 e. The van der Waals surface area contributed by atoms with Crippen molar-refractivity contribution in [3.05, 3.63) is 40.6 Å². The number of carbonyl (C=O) groups excluding carboxylic acids is 1. The highest BCUT2D eigenvalue weighted by atomic mass is 79.9. The maximum atomic E-state index is 11.7. The molecule has 1 aromatic carbocycles. The van der Waals surface area contributed by atoms with Gasteiger partial charge in [0.25, 0.3) is 0 Å². The van der Waals surface area contributed by atoms with E-state index in [0.29, 0.717) is 24.7 Å². The lowest BCUT2D eigenvalue weighted by atomic mass is 10.2. The highest BCUT2D eigenvalue weighted by Gasteiger charge is 2.11. The van der Waals surface area contributed by atoms with E-state index in [1.807, 2.05) is 18.2 Å². The van der Waals surface area contributed by atoms with Crippen LogP contribution in [-0.4, -0.2) is 29.0 Å². The first-order valence-electron chi connectivity index (χ1n) is 7.15. The van der Waals surface area contributed by atoms with Crippen LogP contribution in [-0.2, 0) is 4.74 Å². The van der Waals surface area contributed by atoms with E-state index in [-0.39, 0.29) is 5.97 Å². The van der Waals surface area contributed by atoms with E-state index < -0.39 is 0 Å². The quantitative estimate of drug-likeness (QED) is 0.728. The summed E-state index contributed by atoms with van der Waals surface area (Å²) in [5, 5.41) is 4.19. The standard InChI is InChI=1S/C16H19BrN2O3/c1-4-21-16(20)12-8-18-19(9-12)13-5-6-15(14(17)7-13)22-10-11(2)3/h5-9,11H,4,10H2,1-3H3. The van der Waals surface area contributed by atoms with Crippen molar-refractivity contribution in [1.82, 2.24) is 9.78 Å². The molecule has 0 saturated carbocycles. The van der Waals surface area contributed by atoms with Crippen molar-refractivity contribution in [3.63, 3.8) is 0 Å². The van der Waals surface area contributed by atoms with Gasteiger partial charge in [-0.1, -0.05) is 13.8 Å². The number of esters is 1. The fraction of sp³-hybridized carbons (Fsp3) is 0.375. The Morgan fingerprint density at radius 1 is 1.41 bits per heavy atom. The summed E-state index contributed by atoms with van der Waals surface area (Å²) in [6.07, 6.45) is 3.14. The molecule has 0 aliphatic rings. The van der Waals surface area contributed by atoms with Gasteiger partial charge in [0.1, 0.15) is 5.75 Å². The molecule has 1 aromatic heterocycles. The van der Waals surface area contributed by atoms with Gasteiger partial charge in [0.2, 0.25) is 0 Å². The van der Waals surface area contributed by atoms with Gasteiger partial charge in [-0.2, -0.15) is 5.10 Å². The molecule has 0 atom stereocenters. The molecule has 0 aliphatic heterocycles. The normalized spacial score (nSPS) is 10.8. The Morgan fingerprint density at radius 3 is 2.82 bits per heavy atom. The van der Waals surface area contributed by atoms with Crippen molar-refractivity contribution >= 4 is 21.9 Å². The molecule has 1 heterocycles. The molecule has 0 fully saturated rings. The van der Waals surface area contributed by atoms with Gasteiger partial charge in [-0.15, -0.1) is 0 Å². The second-order valence-electron chi connectivity index (χ2n) is 5.21. The molecule has 0 amide bonds. The minimum atomic E-state index is -0.371. The van der Waals surface area contributed by atoms with Gasteiger partial charge in [0.05, 0.1) is 35.1 Å². The van der Waals surface area contributed by atoms with Gasteiger partial charge in [0, 0.05) is 6.20 Å². The predicted octanol–water partition coefficient (Wildman–Crippen LogP) is 3.85. The summed E-state index contributed by atoms with van der Waals surface area (Å²) in [7, 11) is 0. The molecule has 0 aliphatic carbocycles. The first kappa shape index (κ1) is 16.5. The van der Waals surface area contributed by atoms with Gasteiger partial charge in [-0.25, -0.2) is 9.48 Å². The summed E-state index contributed by atoms with van der Waals surface area (Å²) >= 11 is 3.50. The fourth-order valence-electron chi connectivity index (χ4n) is 1.79. The third-order valence-corrected chi connectivity index (χ3v) is 3.47. The maximum absolute atomic E-state index is 11.7. The number of benzene rings is 1. The summed E-state index contributed by atoms with van der Waals surface area (Å²) in [6, 6.07) is 5.67. The van der Waals surface area contributed by atoms with Crippen LogP contribution in [0, 0.1) is 5.92 Å².